The summed E-state index contributed by atoms with van der Waals surface area (Å²) in [6.07, 6.45) is 7.37. The molecule has 1 aromatic rings. The first-order chi connectivity index (χ1) is 8.24. The summed E-state index contributed by atoms with van der Waals surface area (Å²) >= 11 is 2.22. The van der Waals surface area contributed by atoms with Crippen LogP contribution in [0.2, 0.25) is 0 Å². The van der Waals surface area contributed by atoms with Crippen molar-refractivity contribution in [2.24, 2.45) is 11.7 Å². The van der Waals surface area contributed by atoms with Crippen LogP contribution in [0.3, 0.4) is 0 Å². The van der Waals surface area contributed by atoms with Crippen LogP contribution in [0.25, 0.3) is 0 Å². The molecule has 2 N–H and O–H groups in total. The second-order valence-electron chi connectivity index (χ2n) is 4.58. The zero-order chi connectivity index (χ0) is 12.3. The maximum absolute atomic E-state index is 5.88. The van der Waals surface area contributed by atoms with Crippen LogP contribution in [-0.4, -0.2) is 29.1 Å². The van der Waals surface area contributed by atoms with Gasteiger partial charge in [-0.1, -0.05) is 13.3 Å². The fourth-order valence-electron chi connectivity index (χ4n) is 2.45. The van der Waals surface area contributed by atoms with Crippen molar-refractivity contribution in [1.29, 1.82) is 0 Å². The van der Waals surface area contributed by atoms with Gasteiger partial charge in [0.15, 0.2) is 0 Å². The summed E-state index contributed by atoms with van der Waals surface area (Å²) in [6, 6.07) is 0.397. The highest BCUT2D eigenvalue weighted by Gasteiger charge is 2.28. The molecule has 17 heavy (non-hydrogen) atoms. The van der Waals surface area contributed by atoms with Crippen molar-refractivity contribution in [1.82, 2.24) is 9.97 Å². The minimum atomic E-state index is 0.397. The molecule has 2 rings (SSSR count). The molecule has 0 aromatic carbocycles. The van der Waals surface area contributed by atoms with E-state index in [2.05, 4.69) is 44.4 Å². The Morgan fingerprint density at radius 1 is 1.47 bits per heavy atom. The second kappa shape index (κ2) is 5.95. The molecular weight excluding hydrogens is 327 g/mol. The molecule has 4 nitrogen and oxygen atoms in total. The third-order valence-corrected chi connectivity index (χ3v) is 4.09. The van der Waals surface area contributed by atoms with Crippen molar-refractivity contribution in [3.8, 4) is 0 Å². The number of hydrogen-bond donors (Lipinski definition) is 1. The molecule has 2 heterocycles. The van der Waals surface area contributed by atoms with Gasteiger partial charge in [-0.15, -0.1) is 0 Å². The van der Waals surface area contributed by atoms with E-state index in [9.17, 15) is 0 Å². The summed E-state index contributed by atoms with van der Waals surface area (Å²) in [5.41, 5.74) is 5.88. The van der Waals surface area contributed by atoms with Crippen molar-refractivity contribution in [3.05, 3.63) is 16.0 Å². The molecular formula is C12H19IN4. The summed E-state index contributed by atoms with van der Waals surface area (Å²) < 4.78 is 1.07. The highest BCUT2D eigenvalue weighted by molar-refractivity contribution is 14.1. The van der Waals surface area contributed by atoms with Gasteiger partial charge in [-0.05, 0) is 41.4 Å². The third kappa shape index (κ3) is 3.07. The topological polar surface area (TPSA) is 55.0 Å². The van der Waals surface area contributed by atoms with Crippen LogP contribution in [0.4, 0.5) is 5.95 Å². The second-order valence-corrected chi connectivity index (χ2v) is 5.83. The molecule has 1 fully saturated rings. The summed E-state index contributed by atoms with van der Waals surface area (Å²) in [7, 11) is 0. The fourth-order valence-corrected chi connectivity index (χ4v) is 2.72. The van der Waals surface area contributed by atoms with Crippen LogP contribution in [0.1, 0.15) is 26.2 Å². The van der Waals surface area contributed by atoms with Gasteiger partial charge in [0.05, 0.1) is 0 Å². The Morgan fingerprint density at radius 2 is 2.18 bits per heavy atom. The van der Waals surface area contributed by atoms with Gasteiger partial charge in [-0.3, -0.25) is 0 Å². The normalized spacial score (nSPS) is 25.0. The van der Waals surface area contributed by atoms with E-state index >= 15 is 0 Å². The predicted molar refractivity (Wildman–Crippen MR) is 78.0 cm³/mol. The zero-order valence-corrected chi connectivity index (χ0v) is 12.3. The average Bonchev–Trinajstić information content (AvgIpc) is 2.39. The van der Waals surface area contributed by atoms with Gasteiger partial charge < -0.3 is 10.6 Å². The van der Waals surface area contributed by atoms with Crippen LogP contribution in [0.15, 0.2) is 12.4 Å². The number of anilines is 1. The third-order valence-electron chi connectivity index (χ3n) is 3.54. The van der Waals surface area contributed by atoms with E-state index in [-0.39, 0.29) is 0 Å². The van der Waals surface area contributed by atoms with Crippen LogP contribution in [-0.2, 0) is 0 Å². The van der Waals surface area contributed by atoms with E-state index in [0.29, 0.717) is 12.6 Å². The molecule has 2 atom stereocenters. The quantitative estimate of drug-likeness (QED) is 0.851. The van der Waals surface area contributed by atoms with Gasteiger partial charge in [0.25, 0.3) is 0 Å². The van der Waals surface area contributed by atoms with E-state index in [4.69, 9.17) is 5.73 Å². The van der Waals surface area contributed by atoms with Crippen LogP contribution < -0.4 is 10.6 Å². The van der Waals surface area contributed by atoms with Crippen molar-refractivity contribution in [3.63, 3.8) is 0 Å². The SMILES string of the molecule is CCC1CCN(c2ncc(I)cn2)C(CN)C1. The van der Waals surface area contributed by atoms with Crippen LogP contribution in [0, 0.1) is 9.49 Å². The van der Waals surface area contributed by atoms with Crippen LogP contribution >= 0.6 is 22.6 Å². The highest BCUT2D eigenvalue weighted by atomic mass is 127. The van der Waals surface area contributed by atoms with E-state index in [1.807, 2.05) is 12.4 Å². The van der Waals surface area contributed by atoms with Gasteiger partial charge in [0, 0.05) is 35.1 Å². The summed E-state index contributed by atoms with van der Waals surface area (Å²) in [6.45, 7) is 3.97. The molecule has 1 aliphatic heterocycles. The van der Waals surface area contributed by atoms with Crippen molar-refractivity contribution in [2.75, 3.05) is 18.0 Å². The Labute approximate surface area is 116 Å². The van der Waals surface area contributed by atoms with Gasteiger partial charge in [0.2, 0.25) is 5.95 Å². The molecule has 5 heteroatoms. The lowest BCUT2D eigenvalue weighted by Gasteiger charge is -2.38. The number of halogens is 1. The Hall–Kier alpha value is -0.430. The summed E-state index contributed by atoms with van der Waals surface area (Å²) in [5.74, 6) is 1.64. The first-order valence-corrected chi connectivity index (χ1v) is 7.26. The number of aromatic nitrogens is 2. The molecule has 0 aliphatic carbocycles. The van der Waals surface area contributed by atoms with Crippen molar-refractivity contribution >= 4 is 28.5 Å². The molecule has 0 spiro atoms. The maximum atomic E-state index is 5.88. The lowest BCUT2D eigenvalue weighted by Crippen LogP contribution is -2.47. The Kier molecular flexibility index (Phi) is 4.55. The largest absolute Gasteiger partial charge is 0.337 e. The van der Waals surface area contributed by atoms with Gasteiger partial charge in [-0.2, -0.15) is 0 Å². The molecule has 94 valence electrons. The summed E-state index contributed by atoms with van der Waals surface area (Å²) in [4.78, 5) is 11.1. The average molecular weight is 346 g/mol. The van der Waals surface area contributed by atoms with Crippen LogP contribution in [0.5, 0.6) is 0 Å². The molecule has 1 saturated heterocycles. The van der Waals surface area contributed by atoms with Gasteiger partial charge in [0.1, 0.15) is 0 Å². The molecule has 0 radical (unpaired) electrons. The fraction of sp³-hybridized carbons (Fsp3) is 0.667. The number of rotatable bonds is 3. The first-order valence-electron chi connectivity index (χ1n) is 6.18. The maximum Gasteiger partial charge on any atom is 0.225 e. The van der Waals surface area contributed by atoms with E-state index in [1.165, 1.54) is 19.3 Å². The Balaban J connectivity index is 2.12. The van der Waals surface area contributed by atoms with Crippen molar-refractivity contribution in [2.45, 2.75) is 32.2 Å². The number of hydrogen-bond acceptors (Lipinski definition) is 4. The van der Waals surface area contributed by atoms with E-state index < -0.39 is 0 Å². The molecule has 0 amide bonds. The number of nitrogens with zero attached hydrogens (tertiary/aromatic N) is 3. The smallest absolute Gasteiger partial charge is 0.225 e. The Morgan fingerprint density at radius 3 is 2.76 bits per heavy atom. The minimum Gasteiger partial charge on any atom is -0.337 e. The number of piperidine rings is 1. The minimum absolute atomic E-state index is 0.397. The van der Waals surface area contributed by atoms with Crippen molar-refractivity contribution < 1.29 is 0 Å². The zero-order valence-electron chi connectivity index (χ0n) is 10.1. The molecule has 1 aliphatic rings. The predicted octanol–water partition coefficient (Wildman–Crippen LogP) is 2.03. The lowest BCUT2D eigenvalue weighted by atomic mass is 9.89. The molecule has 2 unspecified atom stereocenters. The number of nitrogens with two attached hydrogens (primary N) is 1. The van der Waals surface area contributed by atoms with Gasteiger partial charge in [-0.25, -0.2) is 9.97 Å². The standard InChI is InChI=1S/C12H19IN4/c1-2-9-3-4-17(11(5-9)6-14)12-15-7-10(13)8-16-12/h7-9,11H,2-6,14H2,1H3. The molecule has 0 bridgehead atoms. The lowest BCUT2D eigenvalue weighted by molar-refractivity contribution is 0.332. The monoisotopic (exact) mass is 346 g/mol. The Bertz CT molecular complexity index is 354. The van der Waals surface area contributed by atoms with Gasteiger partial charge >= 0.3 is 0 Å². The molecule has 0 saturated carbocycles. The van der Waals surface area contributed by atoms with E-state index in [1.54, 1.807) is 0 Å². The first kappa shape index (κ1) is 13.0. The highest BCUT2D eigenvalue weighted by Crippen LogP contribution is 2.27. The van der Waals surface area contributed by atoms with E-state index in [0.717, 1.165) is 22.0 Å². The molecule has 1 aromatic heterocycles. The summed E-state index contributed by atoms with van der Waals surface area (Å²) in [5, 5.41) is 0.